The summed E-state index contributed by atoms with van der Waals surface area (Å²) in [7, 11) is -0.271. The molecule has 0 aromatic heterocycles. The van der Waals surface area contributed by atoms with Gasteiger partial charge in [0, 0.05) is 0 Å². The normalized spacial score (nSPS) is 33.3. The molecule has 1 aliphatic carbocycles. The summed E-state index contributed by atoms with van der Waals surface area (Å²) in [5.41, 5.74) is 0.513. The molecule has 1 saturated heterocycles. The lowest BCUT2D eigenvalue weighted by Gasteiger charge is -2.32. The van der Waals surface area contributed by atoms with Gasteiger partial charge in [0.15, 0.2) is 0 Å². The molecule has 1 fully saturated rings. The largest absolute Gasteiger partial charge is 0.490 e. The summed E-state index contributed by atoms with van der Waals surface area (Å²) in [6.07, 6.45) is 3.21. The van der Waals surface area contributed by atoms with Gasteiger partial charge in [-0.15, -0.1) is 0 Å². The standard InChI is InChI=1S/C11H19BO3/c1-10(2)11(3,4)15-12(14-10)8-5-6-9(13)7-8/h7,9,13H,5-6H2,1-4H3. The van der Waals surface area contributed by atoms with Crippen LogP contribution in [0.5, 0.6) is 0 Å². The van der Waals surface area contributed by atoms with Gasteiger partial charge in [-0.05, 0) is 46.0 Å². The van der Waals surface area contributed by atoms with Gasteiger partial charge in [-0.25, -0.2) is 0 Å². The predicted octanol–water partition coefficient (Wildman–Crippen LogP) is 1.70. The SMILES string of the molecule is CC1(C)OB(C2=CC(O)CC2)OC1(C)C. The average Bonchev–Trinajstić information content (AvgIpc) is 2.56. The lowest BCUT2D eigenvalue weighted by Crippen LogP contribution is -2.41. The lowest BCUT2D eigenvalue weighted by atomic mass is 9.78. The second-order valence-corrected chi connectivity index (χ2v) is 5.44. The van der Waals surface area contributed by atoms with Crippen molar-refractivity contribution in [3.63, 3.8) is 0 Å². The van der Waals surface area contributed by atoms with Crippen molar-refractivity contribution in [2.45, 2.75) is 57.8 Å². The Bertz CT molecular complexity index is 280. The maximum Gasteiger partial charge on any atom is 0.490 e. The molecule has 0 spiro atoms. The van der Waals surface area contributed by atoms with Crippen LogP contribution in [0, 0.1) is 0 Å². The zero-order valence-corrected chi connectivity index (χ0v) is 9.91. The van der Waals surface area contributed by atoms with Crippen LogP contribution in [0.2, 0.25) is 0 Å². The molecule has 2 rings (SSSR count). The predicted molar refractivity (Wildman–Crippen MR) is 59.4 cm³/mol. The summed E-state index contributed by atoms with van der Waals surface area (Å²) in [4.78, 5) is 0. The number of aliphatic hydroxyl groups is 1. The maximum absolute atomic E-state index is 9.43. The van der Waals surface area contributed by atoms with Gasteiger partial charge < -0.3 is 14.4 Å². The zero-order chi connectivity index (χ0) is 11.3. The monoisotopic (exact) mass is 210 g/mol. The molecule has 0 bridgehead atoms. The summed E-state index contributed by atoms with van der Waals surface area (Å²) in [6, 6.07) is 0. The fourth-order valence-electron chi connectivity index (χ4n) is 1.92. The molecule has 1 unspecified atom stereocenters. The van der Waals surface area contributed by atoms with E-state index in [1.807, 2.05) is 33.8 Å². The van der Waals surface area contributed by atoms with E-state index in [0.717, 1.165) is 18.3 Å². The summed E-state index contributed by atoms with van der Waals surface area (Å²) in [5.74, 6) is 0. The molecule has 84 valence electrons. The quantitative estimate of drug-likeness (QED) is 0.669. The highest BCUT2D eigenvalue weighted by Gasteiger charge is 2.52. The van der Waals surface area contributed by atoms with Crippen molar-refractivity contribution in [3.8, 4) is 0 Å². The van der Waals surface area contributed by atoms with Crippen molar-refractivity contribution in [1.29, 1.82) is 0 Å². The molecule has 3 nitrogen and oxygen atoms in total. The van der Waals surface area contributed by atoms with E-state index in [1.165, 1.54) is 0 Å². The molecule has 2 aliphatic rings. The molecule has 0 amide bonds. The smallest absolute Gasteiger partial charge is 0.400 e. The van der Waals surface area contributed by atoms with Crippen molar-refractivity contribution in [2.24, 2.45) is 0 Å². The molecule has 4 heteroatoms. The Hall–Kier alpha value is -0.315. The Kier molecular flexibility index (Phi) is 2.49. The third kappa shape index (κ3) is 1.86. The first-order chi connectivity index (χ1) is 6.82. The van der Waals surface area contributed by atoms with Crippen LogP contribution < -0.4 is 0 Å². The van der Waals surface area contributed by atoms with Gasteiger partial charge in [0.2, 0.25) is 0 Å². The highest BCUT2D eigenvalue weighted by molar-refractivity contribution is 6.54. The Labute approximate surface area is 91.6 Å². The third-order valence-electron chi connectivity index (χ3n) is 3.69. The van der Waals surface area contributed by atoms with Crippen molar-refractivity contribution in [2.75, 3.05) is 0 Å². The van der Waals surface area contributed by atoms with Gasteiger partial charge in [0.25, 0.3) is 0 Å². The summed E-state index contributed by atoms with van der Waals surface area (Å²) in [5, 5.41) is 9.43. The molecule has 15 heavy (non-hydrogen) atoms. The molecular weight excluding hydrogens is 191 g/mol. The Morgan fingerprint density at radius 1 is 1.27 bits per heavy atom. The molecule has 1 aliphatic heterocycles. The Morgan fingerprint density at radius 2 is 1.80 bits per heavy atom. The summed E-state index contributed by atoms with van der Waals surface area (Å²) < 4.78 is 11.8. The van der Waals surface area contributed by atoms with Gasteiger partial charge in [0.1, 0.15) is 0 Å². The van der Waals surface area contributed by atoms with Crippen molar-refractivity contribution in [1.82, 2.24) is 0 Å². The second kappa shape index (κ2) is 3.34. The molecule has 1 atom stereocenters. The zero-order valence-electron chi connectivity index (χ0n) is 9.91. The van der Waals surface area contributed by atoms with Crippen LogP contribution in [0.4, 0.5) is 0 Å². The van der Waals surface area contributed by atoms with E-state index in [1.54, 1.807) is 0 Å². The van der Waals surface area contributed by atoms with Crippen LogP contribution in [0.15, 0.2) is 11.5 Å². The van der Waals surface area contributed by atoms with Gasteiger partial charge in [0.05, 0.1) is 17.3 Å². The fourth-order valence-corrected chi connectivity index (χ4v) is 1.92. The van der Waals surface area contributed by atoms with E-state index >= 15 is 0 Å². The number of allylic oxidation sites excluding steroid dienone is 1. The summed E-state index contributed by atoms with van der Waals surface area (Å²) in [6.45, 7) is 8.16. The summed E-state index contributed by atoms with van der Waals surface area (Å²) >= 11 is 0. The topological polar surface area (TPSA) is 38.7 Å². The third-order valence-corrected chi connectivity index (χ3v) is 3.69. The average molecular weight is 210 g/mol. The van der Waals surface area contributed by atoms with Gasteiger partial charge in [-0.1, -0.05) is 6.08 Å². The van der Waals surface area contributed by atoms with Crippen molar-refractivity contribution in [3.05, 3.63) is 11.5 Å². The van der Waals surface area contributed by atoms with Crippen LogP contribution in [0.25, 0.3) is 0 Å². The number of rotatable bonds is 1. The molecule has 1 heterocycles. The molecule has 0 aromatic carbocycles. The minimum Gasteiger partial charge on any atom is -0.400 e. The van der Waals surface area contributed by atoms with Crippen LogP contribution in [0.3, 0.4) is 0 Å². The van der Waals surface area contributed by atoms with E-state index in [2.05, 4.69) is 0 Å². The first-order valence-corrected chi connectivity index (χ1v) is 5.56. The highest BCUT2D eigenvalue weighted by atomic mass is 16.7. The van der Waals surface area contributed by atoms with E-state index in [4.69, 9.17) is 9.31 Å². The molecule has 0 radical (unpaired) electrons. The maximum atomic E-state index is 9.43. The molecular formula is C11H19BO3. The molecule has 0 aromatic rings. The van der Waals surface area contributed by atoms with Crippen LogP contribution in [0.1, 0.15) is 40.5 Å². The van der Waals surface area contributed by atoms with Gasteiger partial charge >= 0.3 is 7.12 Å². The minimum absolute atomic E-state index is 0.271. The molecule has 1 N–H and O–H groups in total. The molecule has 0 saturated carbocycles. The Balaban J connectivity index is 2.13. The van der Waals surface area contributed by atoms with E-state index in [0.29, 0.717) is 0 Å². The highest BCUT2D eigenvalue weighted by Crippen LogP contribution is 2.40. The van der Waals surface area contributed by atoms with Crippen molar-refractivity contribution < 1.29 is 14.4 Å². The van der Waals surface area contributed by atoms with Crippen LogP contribution in [-0.4, -0.2) is 29.5 Å². The van der Waals surface area contributed by atoms with E-state index < -0.39 is 0 Å². The second-order valence-electron chi connectivity index (χ2n) is 5.44. The minimum atomic E-state index is -0.320. The van der Waals surface area contributed by atoms with E-state index in [9.17, 15) is 5.11 Å². The van der Waals surface area contributed by atoms with Crippen LogP contribution >= 0.6 is 0 Å². The van der Waals surface area contributed by atoms with Crippen molar-refractivity contribution >= 4 is 7.12 Å². The van der Waals surface area contributed by atoms with Gasteiger partial charge in [-0.3, -0.25) is 0 Å². The van der Waals surface area contributed by atoms with Crippen LogP contribution in [-0.2, 0) is 9.31 Å². The first-order valence-electron chi connectivity index (χ1n) is 5.56. The number of aliphatic hydroxyl groups excluding tert-OH is 1. The number of hydrogen-bond acceptors (Lipinski definition) is 3. The number of hydrogen-bond donors (Lipinski definition) is 1. The fraction of sp³-hybridized carbons (Fsp3) is 0.818. The van der Waals surface area contributed by atoms with E-state index in [-0.39, 0.29) is 24.4 Å². The lowest BCUT2D eigenvalue weighted by molar-refractivity contribution is 0.00578. The first kappa shape index (κ1) is 11.2. The Morgan fingerprint density at radius 3 is 2.20 bits per heavy atom. The van der Waals surface area contributed by atoms with Gasteiger partial charge in [-0.2, -0.15) is 0 Å².